The van der Waals surface area contributed by atoms with E-state index in [2.05, 4.69) is 36.3 Å². The van der Waals surface area contributed by atoms with Gasteiger partial charge in [0, 0.05) is 25.7 Å². The minimum atomic E-state index is -0.0436. The first-order chi connectivity index (χ1) is 13.5. The molecule has 0 amide bonds. The van der Waals surface area contributed by atoms with Crippen LogP contribution in [0.5, 0.6) is 11.5 Å². The number of nitrogens with zero attached hydrogens (tertiary/aromatic N) is 2. The van der Waals surface area contributed by atoms with E-state index in [1.807, 2.05) is 31.2 Å². The highest BCUT2D eigenvalue weighted by Gasteiger charge is 2.21. The Labute approximate surface area is 193 Å². The molecule has 0 saturated carbocycles. The Kier molecular flexibility index (Phi) is 12.4. The smallest absolute Gasteiger partial charge is 0.191 e. The van der Waals surface area contributed by atoms with Crippen molar-refractivity contribution in [1.29, 1.82) is 0 Å². The van der Waals surface area contributed by atoms with E-state index in [4.69, 9.17) is 14.5 Å². The second-order valence-corrected chi connectivity index (χ2v) is 7.78. The van der Waals surface area contributed by atoms with Crippen molar-refractivity contribution in [3.8, 4) is 11.5 Å². The van der Waals surface area contributed by atoms with Crippen molar-refractivity contribution in [2.24, 2.45) is 10.9 Å². The molecule has 2 unspecified atom stereocenters. The Hall–Kier alpha value is -1.22. The number of hydrogen-bond donors (Lipinski definition) is 2. The van der Waals surface area contributed by atoms with Crippen LogP contribution in [0.3, 0.4) is 0 Å². The van der Waals surface area contributed by atoms with Gasteiger partial charge in [-0.1, -0.05) is 12.1 Å². The van der Waals surface area contributed by atoms with Gasteiger partial charge in [0.1, 0.15) is 6.10 Å². The highest BCUT2D eigenvalue weighted by Crippen LogP contribution is 2.26. The Morgan fingerprint density at radius 2 is 1.93 bits per heavy atom. The van der Waals surface area contributed by atoms with Crippen LogP contribution in [0.2, 0.25) is 0 Å². The third-order valence-corrected chi connectivity index (χ3v) is 5.09. The second kappa shape index (κ2) is 13.9. The second-order valence-electron chi connectivity index (χ2n) is 7.78. The van der Waals surface area contributed by atoms with Crippen molar-refractivity contribution < 1.29 is 9.47 Å². The van der Waals surface area contributed by atoms with Crippen LogP contribution in [-0.2, 0) is 0 Å². The first-order valence-corrected chi connectivity index (χ1v) is 10.6. The molecule has 1 aromatic rings. The minimum Gasteiger partial charge on any atom is -0.493 e. The summed E-state index contributed by atoms with van der Waals surface area (Å²) in [6, 6.07) is 8.34. The Morgan fingerprint density at radius 3 is 2.59 bits per heavy atom. The molecule has 166 valence electrons. The van der Waals surface area contributed by atoms with Gasteiger partial charge >= 0.3 is 0 Å². The van der Waals surface area contributed by atoms with Crippen molar-refractivity contribution in [2.75, 3.05) is 39.8 Å². The van der Waals surface area contributed by atoms with Crippen molar-refractivity contribution in [3.63, 3.8) is 0 Å². The van der Waals surface area contributed by atoms with E-state index in [-0.39, 0.29) is 30.1 Å². The van der Waals surface area contributed by atoms with E-state index >= 15 is 0 Å². The van der Waals surface area contributed by atoms with E-state index in [0.29, 0.717) is 18.5 Å². The number of benzene rings is 1. The Bertz CT molecular complexity index is 612. The molecule has 1 heterocycles. The van der Waals surface area contributed by atoms with Gasteiger partial charge in [-0.15, -0.1) is 24.0 Å². The molecule has 1 aliphatic rings. The molecule has 0 bridgehead atoms. The first-order valence-electron chi connectivity index (χ1n) is 10.6. The molecular formula is C22H39IN4O2. The van der Waals surface area contributed by atoms with E-state index in [1.54, 1.807) is 7.11 Å². The SMILES string of the molecule is CCNC(=NCC(C)Oc1ccccc1OC)NCC1CCCN(C(C)C)C1.I. The van der Waals surface area contributed by atoms with Crippen molar-refractivity contribution in [1.82, 2.24) is 15.5 Å². The molecule has 6 nitrogen and oxygen atoms in total. The molecule has 0 aromatic heterocycles. The van der Waals surface area contributed by atoms with Crippen molar-refractivity contribution >= 4 is 29.9 Å². The summed E-state index contributed by atoms with van der Waals surface area (Å²) in [6.07, 6.45) is 2.52. The third kappa shape index (κ3) is 8.99. The Morgan fingerprint density at radius 1 is 1.21 bits per heavy atom. The van der Waals surface area contributed by atoms with E-state index in [1.165, 1.54) is 19.4 Å². The van der Waals surface area contributed by atoms with E-state index in [9.17, 15) is 0 Å². The van der Waals surface area contributed by atoms with Gasteiger partial charge in [0.05, 0.1) is 13.7 Å². The number of methoxy groups -OCH3 is 1. The maximum absolute atomic E-state index is 6.01. The molecule has 0 radical (unpaired) electrons. The largest absolute Gasteiger partial charge is 0.493 e. The lowest BCUT2D eigenvalue weighted by Gasteiger charge is -2.35. The topological polar surface area (TPSA) is 58.1 Å². The van der Waals surface area contributed by atoms with Gasteiger partial charge in [-0.05, 0) is 65.1 Å². The molecule has 29 heavy (non-hydrogen) atoms. The number of para-hydroxylation sites is 2. The summed E-state index contributed by atoms with van der Waals surface area (Å²) < 4.78 is 11.4. The maximum atomic E-state index is 6.01. The van der Waals surface area contributed by atoms with Crippen molar-refractivity contribution in [2.45, 2.75) is 52.7 Å². The Balaban J connectivity index is 0.00000420. The third-order valence-electron chi connectivity index (χ3n) is 5.09. The van der Waals surface area contributed by atoms with E-state index < -0.39 is 0 Å². The van der Waals surface area contributed by atoms with Crippen LogP contribution in [0.1, 0.15) is 40.5 Å². The van der Waals surface area contributed by atoms with Crippen LogP contribution in [0.4, 0.5) is 0 Å². The number of halogens is 1. The molecule has 1 aromatic carbocycles. The number of hydrogen-bond acceptors (Lipinski definition) is 4. The monoisotopic (exact) mass is 518 g/mol. The van der Waals surface area contributed by atoms with Crippen LogP contribution in [0, 0.1) is 5.92 Å². The van der Waals surface area contributed by atoms with Gasteiger partial charge in [-0.25, -0.2) is 4.99 Å². The van der Waals surface area contributed by atoms with Crippen molar-refractivity contribution in [3.05, 3.63) is 24.3 Å². The van der Waals surface area contributed by atoms with Crippen LogP contribution >= 0.6 is 24.0 Å². The van der Waals surface area contributed by atoms with Crippen LogP contribution in [0.25, 0.3) is 0 Å². The number of piperidine rings is 1. The molecule has 2 rings (SSSR count). The molecule has 1 fully saturated rings. The van der Waals surface area contributed by atoms with Gasteiger partial charge in [0.25, 0.3) is 0 Å². The van der Waals surface area contributed by atoms with Gasteiger partial charge in [0.15, 0.2) is 17.5 Å². The van der Waals surface area contributed by atoms with E-state index in [0.717, 1.165) is 37.1 Å². The summed E-state index contributed by atoms with van der Waals surface area (Å²) in [4.78, 5) is 7.29. The molecule has 0 spiro atoms. The molecule has 0 aliphatic carbocycles. The number of likely N-dealkylation sites (tertiary alicyclic amines) is 1. The summed E-state index contributed by atoms with van der Waals surface area (Å²) in [5.74, 6) is 3.03. The molecule has 2 N–H and O–H groups in total. The standard InChI is InChI=1S/C22H38N4O2.HI/c1-6-23-22(25-15-19-10-9-13-26(16-19)17(2)3)24-14-18(4)28-21-12-8-7-11-20(21)27-5;/h7-8,11-12,17-19H,6,9-10,13-16H2,1-5H3,(H2,23,24,25);1H. The quantitative estimate of drug-likeness (QED) is 0.296. The molecule has 1 aliphatic heterocycles. The summed E-state index contributed by atoms with van der Waals surface area (Å²) in [6.45, 7) is 13.4. The highest BCUT2D eigenvalue weighted by atomic mass is 127. The number of guanidine groups is 1. The molecule has 2 atom stereocenters. The van der Waals surface area contributed by atoms with Gasteiger partial charge < -0.3 is 25.0 Å². The first kappa shape index (κ1) is 25.8. The molecular weight excluding hydrogens is 479 g/mol. The van der Waals surface area contributed by atoms with Gasteiger partial charge in [-0.3, -0.25) is 0 Å². The summed E-state index contributed by atoms with van der Waals surface area (Å²) in [5, 5.41) is 6.87. The number of aliphatic imine (C=N–C) groups is 1. The zero-order valence-corrected chi connectivity index (χ0v) is 20.9. The molecule has 1 saturated heterocycles. The molecule has 7 heteroatoms. The highest BCUT2D eigenvalue weighted by molar-refractivity contribution is 14.0. The zero-order chi connectivity index (χ0) is 20.4. The minimum absolute atomic E-state index is 0. The lowest BCUT2D eigenvalue weighted by Crippen LogP contribution is -2.46. The predicted molar refractivity (Wildman–Crippen MR) is 132 cm³/mol. The fourth-order valence-electron chi connectivity index (χ4n) is 3.51. The average molecular weight is 518 g/mol. The predicted octanol–water partition coefficient (Wildman–Crippen LogP) is 3.76. The van der Waals surface area contributed by atoms with Crippen LogP contribution in [-0.4, -0.2) is 62.8 Å². The summed E-state index contributed by atoms with van der Waals surface area (Å²) >= 11 is 0. The maximum Gasteiger partial charge on any atom is 0.191 e. The normalized spacial score (nSPS) is 18.7. The average Bonchev–Trinajstić information content (AvgIpc) is 2.70. The lowest BCUT2D eigenvalue weighted by molar-refractivity contribution is 0.141. The van der Waals surface area contributed by atoms with Crippen LogP contribution in [0.15, 0.2) is 29.3 Å². The van der Waals surface area contributed by atoms with Gasteiger partial charge in [0.2, 0.25) is 0 Å². The fraction of sp³-hybridized carbons (Fsp3) is 0.682. The van der Waals surface area contributed by atoms with Crippen LogP contribution < -0.4 is 20.1 Å². The fourth-order valence-corrected chi connectivity index (χ4v) is 3.51. The summed E-state index contributed by atoms with van der Waals surface area (Å²) in [7, 11) is 1.66. The summed E-state index contributed by atoms with van der Waals surface area (Å²) in [5.41, 5.74) is 0. The lowest BCUT2D eigenvalue weighted by atomic mass is 9.97. The zero-order valence-electron chi connectivity index (χ0n) is 18.6. The number of ether oxygens (including phenoxy) is 2. The number of nitrogens with one attached hydrogen (secondary N) is 2. The van der Waals surface area contributed by atoms with Gasteiger partial charge in [-0.2, -0.15) is 0 Å². The number of rotatable bonds is 9.